The van der Waals surface area contributed by atoms with Gasteiger partial charge in [0, 0.05) is 10.0 Å². The van der Waals surface area contributed by atoms with Gasteiger partial charge in [-0.3, -0.25) is 4.79 Å². The van der Waals surface area contributed by atoms with Crippen LogP contribution in [0.5, 0.6) is 0 Å². The van der Waals surface area contributed by atoms with E-state index in [0.29, 0.717) is 6.54 Å². The Kier molecular flexibility index (Phi) is 3.63. The van der Waals surface area contributed by atoms with Crippen LogP contribution >= 0.6 is 15.9 Å². The largest absolute Gasteiger partial charge is 0.313 e. The molecule has 1 aromatic carbocycles. The molecular formula is C10H12BrNO. The summed E-state index contributed by atoms with van der Waals surface area (Å²) in [6.45, 7) is 2.35. The highest BCUT2D eigenvalue weighted by atomic mass is 79.9. The molecule has 0 saturated carbocycles. The number of ketones is 1. The molecule has 0 fully saturated rings. The van der Waals surface area contributed by atoms with Crippen molar-refractivity contribution < 1.29 is 4.79 Å². The van der Waals surface area contributed by atoms with Crippen LogP contribution in [0.2, 0.25) is 0 Å². The Morgan fingerprint density at radius 3 is 2.85 bits per heavy atom. The van der Waals surface area contributed by atoms with Gasteiger partial charge in [-0.1, -0.05) is 18.2 Å². The van der Waals surface area contributed by atoms with E-state index in [9.17, 15) is 4.79 Å². The maximum atomic E-state index is 11.5. The summed E-state index contributed by atoms with van der Waals surface area (Å²) in [5.74, 6) is 0.109. The second-order valence-electron chi connectivity index (χ2n) is 2.89. The van der Waals surface area contributed by atoms with Gasteiger partial charge in [-0.05, 0) is 35.5 Å². The first-order chi connectivity index (χ1) is 6.16. The fraction of sp³-hybridized carbons (Fsp3) is 0.300. The van der Waals surface area contributed by atoms with Crippen molar-refractivity contribution in [2.24, 2.45) is 0 Å². The molecule has 0 atom stereocenters. The Balaban J connectivity index is 3.01. The van der Waals surface area contributed by atoms with Crippen molar-refractivity contribution >= 4 is 21.7 Å². The number of likely N-dealkylation sites (N-methyl/N-ethyl adjacent to an activating group) is 1. The topological polar surface area (TPSA) is 29.1 Å². The Morgan fingerprint density at radius 1 is 1.54 bits per heavy atom. The molecule has 0 aliphatic carbocycles. The van der Waals surface area contributed by atoms with E-state index in [0.717, 1.165) is 15.6 Å². The van der Waals surface area contributed by atoms with E-state index in [-0.39, 0.29) is 5.78 Å². The monoisotopic (exact) mass is 241 g/mol. The van der Waals surface area contributed by atoms with Gasteiger partial charge in [0.2, 0.25) is 0 Å². The third-order valence-electron chi connectivity index (χ3n) is 1.83. The van der Waals surface area contributed by atoms with Crippen LogP contribution in [-0.2, 0) is 0 Å². The van der Waals surface area contributed by atoms with Crippen LogP contribution in [-0.4, -0.2) is 19.4 Å². The fourth-order valence-electron chi connectivity index (χ4n) is 1.12. The predicted octanol–water partition coefficient (Wildman–Crippen LogP) is 2.16. The molecule has 0 spiro atoms. The summed E-state index contributed by atoms with van der Waals surface area (Å²) in [4.78, 5) is 11.5. The number of hydrogen-bond donors (Lipinski definition) is 1. The molecule has 13 heavy (non-hydrogen) atoms. The van der Waals surface area contributed by atoms with Gasteiger partial charge in [0.25, 0.3) is 0 Å². The molecule has 0 aromatic heterocycles. The van der Waals surface area contributed by atoms with Crippen LogP contribution in [0.4, 0.5) is 0 Å². The molecule has 0 amide bonds. The van der Waals surface area contributed by atoms with Gasteiger partial charge in [0.1, 0.15) is 0 Å². The minimum Gasteiger partial charge on any atom is -0.313 e. The zero-order valence-electron chi connectivity index (χ0n) is 7.73. The van der Waals surface area contributed by atoms with Crippen molar-refractivity contribution in [2.75, 3.05) is 13.6 Å². The van der Waals surface area contributed by atoms with Crippen LogP contribution in [0.15, 0.2) is 22.7 Å². The van der Waals surface area contributed by atoms with E-state index >= 15 is 0 Å². The van der Waals surface area contributed by atoms with E-state index in [1.54, 1.807) is 7.05 Å². The molecule has 1 N–H and O–H groups in total. The van der Waals surface area contributed by atoms with E-state index in [2.05, 4.69) is 21.2 Å². The molecule has 0 aliphatic heterocycles. The first-order valence-corrected chi connectivity index (χ1v) is 4.89. The molecule has 1 aromatic rings. The van der Waals surface area contributed by atoms with Gasteiger partial charge in [-0.2, -0.15) is 0 Å². The lowest BCUT2D eigenvalue weighted by molar-refractivity contribution is 0.0993. The van der Waals surface area contributed by atoms with Crippen molar-refractivity contribution in [1.82, 2.24) is 5.32 Å². The van der Waals surface area contributed by atoms with Crippen molar-refractivity contribution in [1.29, 1.82) is 0 Å². The van der Waals surface area contributed by atoms with Gasteiger partial charge in [-0.25, -0.2) is 0 Å². The number of aryl methyl sites for hydroxylation is 1. The van der Waals surface area contributed by atoms with Gasteiger partial charge in [0.15, 0.2) is 5.78 Å². The number of carbonyl (C=O) groups is 1. The normalized spacial score (nSPS) is 10.1. The lowest BCUT2D eigenvalue weighted by atomic mass is 10.1. The first-order valence-electron chi connectivity index (χ1n) is 4.09. The molecule has 0 heterocycles. The molecule has 0 radical (unpaired) electrons. The van der Waals surface area contributed by atoms with Crippen molar-refractivity contribution in [3.05, 3.63) is 33.8 Å². The maximum absolute atomic E-state index is 11.5. The fourth-order valence-corrected chi connectivity index (χ4v) is 1.60. The molecule has 0 aliphatic rings. The smallest absolute Gasteiger partial charge is 0.177 e. The summed E-state index contributed by atoms with van der Waals surface area (Å²) < 4.78 is 0.898. The number of Topliss-reactive ketones (excluding diaryl/α,β-unsaturated/α-hetero) is 1. The third-order valence-corrected chi connectivity index (χ3v) is 2.88. The molecular weight excluding hydrogens is 230 g/mol. The van der Waals surface area contributed by atoms with E-state index < -0.39 is 0 Å². The molecule has 0 bridgehead atoms. The first kappa shape index (κ1) is 10.4. The van der Waals surface area contributed by atoms with Gasteiger partial charge in [-0.15, -0.1) is 0 Å². The number of halogens is 1. The second kappa shape index (κ2) is 4.53. The molecule has 70 valence electrons. The lowest BCUT2D eigenvalue weighted by Crippen LogP contribution is -2.19. The van der Waals surface area contributed by atoms with Crippen molar-refractivity contribution in [2.45, 2.75) is 6.92 Å². The number of hydrogen-bond acceptors (Lipinski definition) is 2. The summed E-state index contributed by atoms with van der Waals surface area (Å²) in [6, 6.07) is 5.69. The van der Waals surface area contributed by atoms with E-state index in [1.807, 2.05) is 25.1 Å². The number of nitrogens with one attached hydrogen (secondary N) is 1. The second-order valence-corrected chi connectivity index (χ2v) is 3.68. The van der Waals surface area contributed by atoms with Crippen LogP contribution in [0.3, 0.4) is 0 Å². The quantitative estimate of drug-likeness (QED) is 0.823. The predicted molar refractivity (Wildman–Crippen MR) is 57.1 cm³/mol. The Morgan fingerprint density at radius 2 is 2.23 bits per heavy atom. The molecule has 3 heteroatoms. The minimum atomic E-state index is 0.109. The van der Waals surface area contributed by atoms with Crippen molar-refractivity contribution in [3.8, 4) is 0 Å². The summed E-state index contributed by atoms with van der Waals surface area (Å²) in [5.41, 5.74) is 1.83. The molecule has 2 nitrogen and oxygen atoms in total. The average molecular weight is 242 g/mol. The summed E-state index contributed by atoms with van der Waals surface area (Å²) >= 11 is 3.40. The minimum absolute atomic E-state index is 0.109. The van der Waals surface area contributed by atoms with Crippen LogP contribution < -0.4 is 5.32 Å². The highest BCUT2D eigenvalue weighted by molar-refractivity contribution is 9.10. The number of carbonyl (C=O) groups excluding carboxylic acids is 1. The van der Waals surface area contributed by atoms with Crippen molar-refractivity contribution in [3.63, 3.8) is 0 Å². The van der Waals surface area contributed by atoms with Gasteiger partial charge < -0.3 is 5.32 Å². The summed E-state index contributed by atoms with van der Waals surface area (Å²) in [7, 11) is 1.77. The maximum Gasteiger partial charge on any atom is 0.177 e. The number of benzene rings is 1. The SMILES string of the molecule is CNCC(=O)c1cccc(C)c1Br. The van der Waals surface area contributed by atoms with E-state index in [4.69, 9.17) is 0 Å². The Hall–Kier alpha value is -0.670. The highest BCUT2D eigenvalue weighted by Crippen LogP contribution is 2.21. The average Bonchev–Trinajstić information content (AvgIpc) is 2.10. The summed E-state index contributed by atoms with van der Waals surface area (Å²) in [6.07, 6.45) is 0. The van der Waals surface area contributed by atoms with Gasteiger partial charge in [0.05, 0.1) is 6.54 Å². The zero-order chi connectivity index (χ0) is 9.84. The molecule has 0 saturated heterocycles. The van der Waals surface area contributed by atoms with Crippen LogP contribution in [0.1, 0.15) is 15.9 Å². The Labute approximate surface area is 86.5 Å². The van der Waals surface area contributed by atoms with Gasteiger partial charge >= 0.3 is 0 Å². The lowest BCUT2D eigenvalue weighted by Gasteiger charge is -2.05. The molecule has 1 rings (SSSR count). The summed E-state index contributed by atoms with van der Waals surface area (Å²) in [5, 5.41) is 2.84. The van der Waals surface area contributed by atoms with E-state index in [1.165, 1.54) is 0 Å². The molecule has 0 unspecified atom stereocenters. The third kappa shape index (κ3) is 2.39. The number of rotatable bonds is 3. The van der Waals surface area contributed by atoms with Crippen LogP contribution in [0.25, 0.3) is 0 Å². The zero-order valence-corrected chi connectivity index (χ0v) is 9.31. The highest BCUT2D eigenvalue weighted by Gasteiger charge is 2.09. The Bertz CT molecular complexity index is 323. The van der Waals surface area contributed by atoms with Crippen LogP contribution in [0, 0.1) is 6.92 Å². The standard InChI is InChI=1S/C10H12BrNO/c1-7-4-3-5-8(10(7)11)9(13)6-12-2/h3-5,12H,6H2,1-2H3.